The molecule has 6 nitrogen and oxygen atoms in total. The molecule has 4 rings (SSSR count). The molecular formula is C23H18N4O2S. The highest BCUT2D eigenvalue weighted by Crippen LogP contribution is 2.38. The summed E-state index contributed by atoms with van der Waals surface area (Å²) in [4.78, 5) is 5.27. The number of nitrogens with zero attached hydrogens (tertiary/aromatic N) is 3. The van der Waals surface area contributed by atoms with E-state index in [1.807, 2.05) is 54.6 Å². The molecule has 2 N–H and O–H groups in total. The average Bonchev–Trinajstić information content (AvgIpc) is 3.28. The molecule has 2 aromatic carbocycles. The second-order valence-corrected chi connectivity index (χ2v) is 7.76. The molecule has 148 valence electrons. The predicted molar refractivity (Wildman–Crippen MR) is 114 cm³/mol. The minimum atomic E-state index is 0.0469. The van der Waals surface area contributed by atoms with Gasteiger partial charge in [-0.15, -0.1) is 0 Å². The Hall–Kier alpha value is -3.52. The van der Waals surface area contributed by atoms with Gasteiger partial charge in [0, 0.05) is 16.9 Å². The predicted octanol–water partition coefficient (Wildman–Crippen LogP) is 4.39. The van der Waals surface area contributed by atoms with Gasteiger partial charge in [0.25, 0.3) is 0 Å². The van der Waals surface area contributed by atoms with Crippen LogP contribution in [0.1, 0.15) is 17.5 Å². The van der Waals surface area contributed by atoms with Crippen molar-refractivity contribution in [1.82, 2.24) is 4.98 Å². The first-order valence-electron chi connectivity index (χ1n) is 9.41. The fourth-order valence-electron chi connectivity index (χ4n) is 3.26. The smallest absolute Gasteiger partial charge is 0.143 e. The van der Waals surface area contributed by atoms with Gasteiger partial charge in [-0.25, -0.2) is 4.98 Å². The third-order valence-electron chi connectivity index (χ3n) is 4.71. The van der Waals surface area contributed by atoms with Crippen LogP contribution in [0, 0.1) is 22.7 Å². The van der Waals surface area contributed by atoms with Crippen LogP contribution in [0.5, 0.6) is 5.75 Å². The van der Waals surface area contributed by atoms with E-state index in [1.54, 1.807) is 0 Å². The van der Waals surface area contributed by atoms with Gasteiger partial charge in [0.15, 0.2) is 0 Å². The van der Waals surface area contributed by atoms with E-state index >= 15 is 0 Å². The Labute approximate surface area is 178 Å². The maximum Gasteiger partial charge on any atom is 0.143 e. The molecule has 1 fully saturated rings. The fourth-order valence-corrected chi connectivity index (χ4v) is 4.17. The van der Waals surface area contributed by atoms with Gasteiger partial charge in [-0.1, -0.05) is 42.1 Å². The first-order chi connectivity index (χ1) is 14.7. The number of anilines is 1. The van der Waals surface area contributed by atoms with Gasteiger partial charge in [-0.05, 0) is 29.8 Å². The summed E-state index contributed by atoms with van der Waals surface area (Å²) in [5, 5.41) is 20.1. The third-order valence-corrected chi connectivity index (χ3v) is 5.70. The monoisotopic (exact) mass is 414 g/mol. The molecule has 1 atom stereocenters. The summed E-state index contributed by atoms with van der Waals surface area (Å²) in [5.41, 5.74) is 7.81. The molecule has 3 aromatic rings. The zero-order valence-corrected chi connectivity index (χ0v) is 16.9. The maximum atomic E-state index is 9.90. The molecule has 0 radical (unpaired) electrons. The van der Waals surface area contributed by atoms with Crippen molar-refractivity contribution in [3.8, 4) is 29.0 Å². The number of aromatic nitrogens is 1. The standard InChI is InChI=1S/C23H18N4O2S/c24-12-19-21(15-6-8-16(9-7-15)29-17-10-11-28-14-17)20(13-25)23(27-22(19)26)30-18-4-2-1-3-5-18/h1-9,17H,10-11,14H2,(H2,26,27). The summed E-state index contributed by atoms with van der Waals surface area (Å²) < 4.78 is 11.2. The molecule has 1 aromatic heterocycles. The SMILES string of the molecule is N#Cc1c(N)nc(Sc2ccccc2)c(C#N)c1-c1ccc(OC2CCOC2)cc1. The third kappa shape index (κ3) is 4.08. The summed E-state index contributed by atoms with van der Waals surface area (Å²) in [6, 6.07) is 21.3. The second kappa shape index (κ2) is 8.87. The van der Waals surface area contributed by atoms with Crippen LogP contribution in [-0.2, 0) is 4.74 Å². The van der Waals surface area contributed by atoms with Gasteiger partial charge in [0.05, 0.1) is 18.8 Å². The van der Waals surface area contributed by atoms with Crippen molar-refractivity contribution in [3.05, 3.63) is 65.7 Å². The summed E-state index contributed by atoms with van der Waals surface area (Å²) >= 11 is 1.34. The van der Waals surface area contributed by atoms with E-state index in [1.165, 1.54) is 11.8 Å². The molecule has 0 bridgehead atoms. The van der Waals surface area contributed by atoms with E-state index in [9.17, 15) is 10.5 Å². The number of ether oxygens (including phenoxy) is 2. The summed E-state index contributed by atoms with van der Waals surface area (Å²) in [5.74, 6) is 0.820. The Balaban J connectivity index is 1.74. The number of pyridine rings is 1. The number of nitriles is 2. The van der Waals surface area contributed by atoms with E-state index in [0.29, 0.717) is 40.7 Å². The Kier molecular flexibility index (Phi) is 5.85. The lowest BCUT2D eigenvalue weighted by Crippen LogP contribution is -2.15. The largest absolute Gasteiger partial charge is 0.488 e. The van der Waals surface area contributed by atoms with Gasteiger partial charge in [0.1, 0.15) is 40.4 Å². The van der Waals surface area contributed by atoms with Crippen molar-refractivity contribution in [2.75, 3.05) is 18.9 Å². The molecule has 1 aliphatic heterocycles. The molecule has 0 saturated carbocycles. The highest BCUT2D eigenvalue weighted by molar-refractivity contribution is 7.99. The minimum Gasteiger partial charge on any atom is -0.488 e. The molecule has 0 amide bonds. The number of hydrogen-bond donors (Lipinski definition) is 1. The lowest BCUT2D eigenvalue weighted by Gasteiger charge is -2.15. The Morgan fingerprint density at radius 3 is 2.40 bits per heavy atom. The van der Waals surface area contributed by atoms with Gasteiger partial charge < -0.3 is 15.2 Å². The van der Waals surface area contributed by atoms with Crippen LogP contribution in [0.4, 0.5) is 5.82 Å². The normalized spacial score (nSPS) is 15.3. The summed E-state index contributed by atoms with van der Waals surface area (Å²) in [6.07, 6.45) is 0.908. The van der Waals surface area contributed by atoms with Crippen LogP contribution in [0.25, 0.3) is 11.1 Å². The minimum absolute atomic E-state index is 0.0469. The van der Waals surface area contributed by atoms with Crippen molar-refractivity contribution in [3.63, 3.8) is 0 Å². The molecule has 30 heavy (non-hydrogen) atoms. The molecule has 7 heteroatoms. The van der Waals surface area contributed by atoms with Crippen molar-refractivity contribution < 1.29 is 9.47 Å². The Morgan fingerprint density at radius 2 is 1.77 bits per heavy atom. The Morgan fingerprint density at radius 1 is 1.03 bits per heavy atom. The molecule has 1 saturated heterocycles. The van der Waals surface area contributed by atoms with Crippen molar-refractivity contribution in [2.45, 2.75) is 22.4 Å². The molecule has 0 aliphatic carbocycles. The number of rotatable bonds is 5. The number of nitrogen functional groups attached to an aromatic ring is 1. The molecule has 1 unspecified atom stereocenters. The molecule has 2 heterocycles. The van der Waals surface area contributed by atoms with E-state index < -0.39 is 0 Å². The average molecular weight is 414 g/mol. The zero-order chi connectivity index (χ0) is 20.9. The van der Waals surface area contributed by atoms with E-state index in [0.717, 1.165) is 11.3 Å². The van der Waals surface area contributed by atoms with E-state index in [2.05, 4.69) is 17.1 Å². The number of benzene rings is 2. The highest BCUT2D eigenvalue weighted by Gasteiger charge is 2.21. The quantitative estimate of drug-likeness (QED) is 0.660. The first-order valence-corrected chi connectivity index (χ1v) is 10.2. The zero-order valence-electron chi connectivity index (χ0n) is 16.0. The number of hydrogen-bond acceptors (Lipinski definition) is 7. The molecule has 1 aliphatic rings. The van der Waals surface area contributed by atoms with Gasteiger partial charge in [-0.3, -0.25) is 0 Å². The topological polar surface area (TPSA) is 105 Å². The Bertz CT molecular complexity index is 1130. The van der Waals surface area contributed by atoms with Gasteiger partial charge >= 0.3 is 0 Å². The summed E-state index contributed by atoms with van der Waals surface area (Å²) in [6.45, 7) is 1.29. The highest BCUT2D eigenvalue weighted by atomic mass is 32.2. The molecule has 0 spiro atoms. The summed E-state index contributed by atoms with van der Waals surface area (Å²) in [7, 11) is 0. The van der Waals surface area contributed by atoms with Crippen molar-refractivity contribution in [1.29, 1.82) is 10.5 Å². The van der Waals surface area contributed by atoms with Crippen LogP contribution in [0.15, 0.2) is 64.5 Å². The molecular weight excluding hydrogens is 396 g/mol. The van der Waals surface area contributed by atoms with Crippen LogP contribution in [0.2, 0.25) is 0 Å². The van der Waals surface area contributed by atoms with Gasteiger partial charge in [-0.2, -0.15) is 10.5 Å². The fraction of sp³-hybridized carbons (Fsp3) is 0.174. The van der Waals surface area contributed by atoms with E-state index in [-0.39, 0.29) is 17.5 Å². The lowest BCUT2D eigenvalue weighted by molar-refractivity contribution is 0.141. The van der Waals surface area contributed by atoms with Gasteiger partial charge in [0.2, 0.25) is 0 Å². The van der Waals surface area contributed by atoms with E-state index in [4.69, 9.17) is 15.2 Å². The second-order valence-electron chi connectivity index (χ2n) is 6.69. The maximum absolute atomic E-state index is 9.90. The van der Waals surface area contributed by atoms with Crippen molar-refractivity contribution in [2.24, 2.45) is 0 Å². The van der Waals surface area contributed by atoms with Crippen LogP contribution in [-0.4, -0.2) is 24.3 Å². The van der Waals surface area contributed by atoms with Crippen LogP contribution < -0.4 is 10.5 Å². The number of nitrogens with two attached hydrogens (primary N) is 1. The first kappa shape index (κ1) is 19.8. The van der Waals surface area contributed by atoms with Crippen LogP contribution in [0.3, 0.4) is 0 Å². The lowest BCUT2D eigenvalue weighted by atomic mass is 9.97. The van der Waals surface area contributed by atoms with Crippen molar-refractivity contribution >= 4 is 17.6 Å². The van der Waals surface area contributed by atoms with Crippen LogP contribution >= 0.6 is 11.8 Å².